The van der Waals surface area contributed by atoms with Crippen molar-refractivity contribution in [3.63, 3.8) is 0 Å². The second-order valence-corrected chi connectivity index (χ2v) is 4.70. The van der Waals surface area contributed by atoms with Gasteiger partial charge in [-0.2, -0.15) is 0 Å². The summed E-state index contributed by atoms with van der Waals surface area (Å²) in [4.78, 5) is 12.3. The predicted molar refractivity (Wildman–Crippen MR) is 76.9 cm³/mol. The summed E-state index contributed by atoms with van der Waals surface area (Å²) in [6, 6.07) is 13.3. The van der Waals surface area contributed by atoms with Crippen molar-refractivity contribution in [2.75, 3.05) is 0 Å². The highest BCUT2D eigenvalue weighted by atomic mass is 35.5. The lowest BCUT2D eigenvalue weighted by molar-refractivity contribution is 0.0780. The van der Waals surface area contributed by atoms with Crippen molar-refractivity contribution in [1.82, 2.24) is 0 Å². The van der Waals surface area contributed by atoms with E-state index in [2.05, 4.69) is 0 Å². The van der Waals surface area contributed by atoms with Crippen LogP contribution in [-0.2, 0) is 0 Å². The van der Waals surface area contributed by atoms with Gasteiger partial charge in [0, 0.05) is 5.56 Å². The molecule has 2 nitrogen and oxygen atoms in total. The highest BCUT2D eigenvalue weighted by Gasteiger charge is 2.21. The van der Waals surface area contributed by atoms with Gasteiger partial charge in [0.1, 0.15) is 0 Å². The fraction of sp³-hybridized carbons (Fsp3) is 0.188. The number of hydrogen-bond donors (Lipinski definition) is 0. The third-order valence-electron chi connectivity index (χ3n) is 2.91. The van der Waals surface area contributed by atoms with Crippen molar-refractivity contribution in [2.45, 2.75) is 19.4 Å². The van der Waals surface area contributed by atoms with Crippen LogP contribution in [0, 0.1) is 5.82 Å². The van der Waals surface area contributed by atoms with E-state index in [0.717, 1.165) is 0 Å². The molecule has 0 spiro atoms. The first-order valence-electron chi connectivity index (χ1n) is 6.33. The summed E-state index contributed by atoms with van der Waals surface area (Å²) >= 11 is 5.70. The molecule has 20 heavy (non-hydrogen) atoms. The van der Waals surface area contributed by atoms with Gasteiger partial charge in [-0.25, -0.2) is 4.39 Å². The molecule has 0 bridgehead atoms. The van der Waals surface area contributed by atoms with Gasteiger partial charge in [0.05, 0.1) is 5.02 Å². The largest absolute Gasteiger partial charge is 0.479 e. The lowest BCUT2D eigenvalue weighted by Gasteiger charge is -2.17. The third-order valence-corrected chi connectivity index (χ3v) is 3.20. The van der Waals surface area contributed by atoms with Gasteiger partial charge < -0.3 is 4.74 Å². The summed E-state index contributed by atoms with van der Waals surface area (Å²) in [6.07, 6.45) is -0.287. The van der Waals surface area contributed by atoms with Gasteiger partial charge in [-0.3, -0.25) is 4.79 Å². The SMILES string of the molecule is CCC(Oc1cccc(Cl)c1F)C(=O)c1ccccc1. The molecule has 2 aromatic carbocycles. The van der Waals surface area contributed by atoms with E-state index in [1.165, 1.54) is 12.1 Å². The standard InChI is InChI=1S/C16H14ClFO2/c1-2-13(16(19)11-7-4-3-5-8-11)20-14-10-6-9-12(17)15(14)18/h3-10,13H,2H2,1H3. The number of rotatable bonds is 5. The lowest BCUT2D eigenvalue weighted by atomic mass is 10.0. The van der Waals surface area contributed by atoms with Gasteiger partial charge in [0.2, 0.25) is 5.78 Å². The number of halogens is 2. The highest BCUT2D eigenvalue weighted by Crippen LogP contribution is 2.26. The van der Waals surface area contributed by atoms with E-state index < -0.39 is 11.9 Å². The molecule has 2 aromatic rings. The van der Waals surface area contributed by atoms with Crippen LogP contribution in [0.1, 0.15) is 23.7 Å². The molecule has 1 atom stereocenters. The van der Waals surface area contributed by atoms with E-state index in [9.17, 15) is 9.18 Å². The van der Waals surface area contributed by atoms with Crippen molar-refractivity contribution in [1.29, 1.82) is 0 Å². The number of ketones is 1. The zero-order chi connectivity index (χ0) is 14.5. The Hall–Kier alpha value is -1.87. The van der Waals surface area contributed by atoms with Crippen molar-refractivity contribution >= 4 is 17.4 Å². The number of ether oxygens (including phenoxy) is 1. The lowest BCUT2D eigenvalue weighted by Crippen LogP contribution is -2.27. The Morgan fingerprint density at radius 2 is 1.90 bits per heavy atom. The van der Waals surface area contributed by atoms with Crippen LogP contribution in [0.4, 0.5) is 4.39 Å². The van der Waals surface area contributed by atoms with E-state index in [-0.39, 0.29) is 16.6 Å². The Bertz CT molecular complexity index is 599. The number of carbonyl (C=O) groups is 1. The maximum Gasteiger partial charge on any atom is 0.203 e. The Labute approximate surface area is 122 Å². The molecule has 0 saturated heterocycles. The van der Waals surface area contributed by atoms with Crippen molar-refractivity contribution < 1.29 is 13.9 Å². The number of carbonyl (C=O) groups excluding carboxylic acids is 1. The number of Topliss-reactive ketones (excluding diaryl/α,β-unsaturated/α-hetero) is 1. The van der Waals surface area contributed by atoms with Crippen molar-refractivity contribution in [3.05, 3.63) is 64.9 Å². The van der Waals surface area contributed by atoms with E-state index in [0.29, 0.717) is 12.0 Å². The average molecular weight is 293 g/mol. The van der Waals surface area contributed by atoms with Crippen molar-refractivity contribution in [3.8, 4) is 5.75 Å². The number of hydrogen-bond acceptors (Lipinski definition) is 2. The van der Waals surface area contributed by atoms with Gasteiger partial charge in [0.25, 0.3) is 0 Å². The van der Waals surface area contributed by atoms with Crippen LogP contribution in [0.3, 0.4) is 0 Å². The molecule has 2 rings (SSSR count). The molecule has 104 valence electrons. The normalized spacial score (nSPS) is 11.9. The summed E-state index contributed by atoms with van der Waals surface area (Å²) in [5, 5.41) is -0.0236. The summed E-state index contributed by atoms with van der Waals surface area (Å²) in [5.41, 5.74) is 0.543. The molecular weight excluding hydrogens is 279 g/mol. The van der Waals surface area contributed by atoms with Gasteiger partial charge in [-0.05, 0) is 18.6 Å². The van der Waals surface area contributed by atoms with Crippen LogP contribution in [-0.4, -0.2) is 11.9 Å². The Morgan fingerprint density at radius 3 is 2.55 bits per heavy atom. The van der Waals surface area contributed by atoms with Gasteiger partial charge >= 0.3 is 0 Å². The first-order chi connectivity index (χ1) is 9.63. The second kappa shape index (κ2) is 6.53. The summed E-state index contributed by atoms with van der Waals surface area (Å²) in [5.74, 6) is -0.824. The van der Waals surface area contributed by atoms with E-state index in [4.69, 9.17) is 16.3 Å². The first kappa shape index (κ1) is 14.5. The first-order valence-corrected chi connectivity index (χ1v) is 6.71. The molecule has 0 radical (unpaired) electrons. The second-order valence-electron chi connectivity index (χ2n) is 4.30. The summed E-state index contributed by atoms with van der Waals surface area (Å²) in [7, 11) is 0. The fourth-order valence-electron chi connectivity index (χ4n) is 1.84. The average Bonchev–Trinajstić information content (AvgIpc) is 2.49. The molecule has 0 aliphatic carbocycles. The highest BCUT2D eigenvalue weighted by molar-refractivity contribution is 6.30. The molecule has 4 heteroatoms. The van der Waals surface area contributed by atoms with E-state index >= 15 is 0 Å². The minimum absolute atomic E-state index is 0.00590. The molecule has 1 unspecified atom stereocenters. The van der Waals surface area contributed by atoms with Crippen LogP contribution in [0.25, 0.3) is 0 Å². The van der Waals surface area contributed by atoms with Gasteiger partial charge in [-0.15, -0.1) is 0 Å². The van der Waals surface area contributed by atoms with Gasteiger partial charge in [-0.1, -0.05) is 54.9 Å². The Morgan fingerprint density at radius 1 is 1.20 bits per heavy atom. The predicted octanol–water partition coefficient (Wildman–Crippen LogP) is 4.52. The maximum absolute atomic E-state index is 13.8. The monoisotopic (exact) mass is 292 g/mol. The number of benzene rings is 2. The van der Waals surface area contributed by atoms with Gasteiger partial charge in [0.15, 0.2) is 17.7 Å². The Kier molecular flexibility index (Phi) is 4.74. The minimum Gasteiger partial charge on any atom is -0.479 e. The summed E-state index contributed by atoms with van der Waals surface area (Å²) in [6.45, 7) is 1.81. The summed E-state index contributed by atoms with van der Waals surface area (Å²) < 4.78 is 19.3. The Balaban J connectivity index is 2.21. The van der Waals surface area contributed by atoms with Crippen molar-refractivity contribution in [2.24, 2.45) is 0 Å². The third kappa shape index (κ3) is 3.17. The molecule has 0 aliphatic heterocycles. The molecule has 0 heterocycles. The van der Waals surface area contributed by atoms with Crippen LogP contribution in [0.15, 0.2) is 48.5 Å². The minimum atomic E-state index is -0.731. The smallest absolute Gasteiger partial charge is 0.203 e. The zero-order valence-electron chi connectivity index (χ0n) is 11.0. The maximum atomic E-state index is 13.8. The van der Waals surface area contributed by atoms with Crippen LogP contribution < -0.4 is 4.74 Å². The molecule has 0 aliphatic rings. The molecule has 0 fully saturated rings. The molecular formula is C16H14ClFO2. The van der Waals surface area contributed by atoms with Crippen LogP contribution in [0.5, 0.6) is 5.75 Å². The zero-order valence-corrected chi connectivity index (χ0v) is 11.7. The fourth-order valence-corrected chi connectivity index (χ4v) is 2.00. The molecule has 0 N–H and O–H groups in total. The molecule has 0 saturated carbocycles. The van der Waals surface area contributed by atoms with Crippen LogP contribution in [0.2, 0.25) is 5.02 Å². The quantitative estimate of drug-likeness (QED) is 0.757. The molecule has 0 amide bonds. The topological polar surface area (TPSA) is 26.3 Å². The van der Waals surface area contributed by atoms with E-state index in [1.807, 2.05) is 13.0 Å². The van der Waals surface area contributed by atoms with Crippen LogP contribution >= 0.6 is 11.6 Å². The molecule has 0 aromatic heterocycles. The van der Waals surface area contributed by atoms with E-state index in [1.54, 1.807) is 30.3 Å².